The van der Waals surface area contributed by atoms with Crippen LogP contribution in [0.3, 0.4) is 0 Å². The lowest BCUT2D eigenvalue weighted by Crippen LogP contribution is -2.37. The van der Waals surface area contributed by atoms with Crippen molar-refractivity contribution in [1.29, 1.82) is 0 Å². The average Bonchev–Trinajstić information content (AvgIpc) is 2.81. The van der Waals surface area contributed by atoms with E-state index in [0.29, 0.717) is 24.1 Å². The van der Waals surface area contributed by atoms with Gasteiger partial charge >= 0.3 is 0 Å². The monoisotopic (exact) mass is 546 g/mol. The fraction of sp³-hybridized carbons (Fsp3) is 0.269. The number of nitrogens with zero attached hydrogens (tertiary/aromatic N) is 1. The first-order chi connectivity index (χ1) is 16.1. The van der Waals surface area contributed by atoms with Crippen LogP contribution in [0.1, 0.15) is 36.1 Å². The van der Waals surface area contributed by atoms with Crippen LogP contribution in [0, 0.1) is 12.7 Å². The van der Waals surface area contributed by atoms with Crippen molar-refractivity contribution < 1.29 is 17.6 Å². The van der Waals surface area contributed by atoms with E-state index in [9.17, 15) is 17.6 Å². The van der Waals surface area contributed by atoms with Crippen molar-refractivity contribution in [3.8, 4) is 0 Å². The van der Waals surface area contributed by atoms with Gasteiger partial charge in [-0.2, -0.15) is 4.31 Å². The van der Waals surface area contributed by atoms with E-state index in [4.69, 9.17) is 0 Å². The lowest BCUT2D eigenvalue weighted by molar-refractivity contribution is -0.116. The number of halogens is 2. The molecule has 3 aromatic carbocycles. The molecule has 1 N–H and O–H groups in total. The molecule has 0 bridgehead atoms. The molecular formula is C26H28BrFN2O3S. The minimum atomic E-state index is -3.98. The second kappa shape index (κ2) is 11.3. The van der Waals surface area contributed by atoms with Gasteiger partial charge in [0.05, 0.1) is 11.4 Å². The minimum absolute atomic E-state index is 0.0640. The molecule has 0 atom stereocenters. The van der Waals surface area contributed by atoms with Crippen LogP contribution in [0.2, 0.25) is 0 Å². The van der Waals surface area contributed by atoms with Crippen LogP contribution in [-0.4, -0.2) is 25.2 Å². The zero-order chi connectivity index (χ0) is 24.9. The number of aryl methyl sites for hydroxylation is 3. The summed E-state index contributed by atoms with van der Waals surface area (Å²) in [7, 11) is -3.98. The first-order valence-electron chi connectivity index (χ1n) is 11.1. The highest BCUT2D eigenvalue weighted by atomic mass is 79.9. The first kappa shape index (κ1) is 26.1. The summed E-state index contributed by atoms with van der Waals surface area (Å²) in [5.41, 5.74) is 4.15. The molecule has 0 heterocycles. The molecule has 34 heavy (non-hydrogen) atoms. The molecule has 0 spiro atoms. The Morgan fingerprint density at radius 1 is 0.971 bits per heavy atom. The summed E-state index contributed by atoms with van der Waals surface area (Å²) in [6.45, 7) is 5.43. The normalized spacial score (nSPS) is 11.6. The van der Waals surface area contributed by atoms with Crippen molar-refractivity contribution in [3.05, 3.63) is 93.2 Å². The van der Waals surface area contributed by atoms with Gasteiger partial charge in [-0.1, -0.05) is 59.6 Å². The zero-order valence-electron chi connectivity index (χ0n) is 19.4. The van der Waals surface area contributed by atoms with Crippen LogP contribution in [0.15, 0.2) is 70.0 Å². The van der Waals surface area contributed by atoms with Crippen LogP contribution in [-0.2, 0) is 34.2 Å². The Morgan fingerprint density at radius 2 is 1.53 bits per heavy atom. The van der Waals surface area contributed by atoms with E-state index >= 15 is 0 Å². The third kappa shape index (κ3) is 6.31. The third-order valence-corrected chi connectivity index (χ3v) is 7.81. The highest BCUT2D eigenvalue weighted by Crippen LogP contribution is 2.28. The summed E-state index contributed by atoms with van der Waals surface area (Å²) in [6.07, 6.45) is 1.42. The molecule has 0 saturated heterocycles. The van der Waals surface area contributed by atoms with Gasteiger partial charge in [-0.3, -0.25) is 4.79 Å². The molecule has 0 fully saturated rings. The number of amides is 1. The Labute approximate surface area is 209 Å². The number of carbonyl (C=O) groups excluding carboxylic acids is 1. The van der Waals surface area contributed by atoms with Gasteiger partial charge in [0.25, 0.3) is 0 Å². The van der Waals surface area contributed by atoms with Crippen molar-refractivity contribution in [2.45, 2.75) is 45.1 Å². The van der Waals surface area contributed by atoms with Gasteiger partial charge in [0.15, 0.2) is 0 Å². The summed E-state index contributed by atoms with van der Waals surface area (Å²) in [4.78, 5) is 13.2. The maximum atomic E-state index is 13.5. The Morgan fingerprint density at radius 3 is 2.06 bits per heavy atom. The van der Waals surface area contributed by atoms with E-state index in [2.05, 4.69) is 21.2 Å². The van der Waals surface area contributed by atoms with Crippen molar-refractivity contribution in [3.63, 3.8) is 0 Å². The number of nitrogens with one attached hydrogen (secondary N) is 1. The Hall–Kier alpha value is -2.55. The molecular weight excluding hydrogens is 519 g/mol. The van der Waals surface area contributed by atoms with Crippen LogP contribution in [0.25, 0.3) is 0 Å². The lowest BCUT2D eigenvalue weighted by atomic mass is 10.0. The van der Waals surface area contributed by atoms with Gasteiger partial charge in [0, 0.05) is 16.7 Å². The predicted octanol–water partition coefficient (Wildman–Crippen LogP) is 5.85. The number of anilines is 1. The molecule has 0 saturated carbocycles. The van der Waals surface area contributed by atoms with Crippen molar-refractivity contribution in [1.82, 2.24) is 4.31 Å². The van der Waals surface area contributed by atoms with Gasteiger partial charge in [-0.05, 0) is 72.9 Å². The number of benzene rings is 3. The second-order valence-corrected chi connectivity index (χ2v) is 10.9. The fourth-order valence-corrected chi connectivity index (χ4v) is 5.60. The minimum Gasteiger partial charge on any atom is -0.324 e. The number of hydrogen-bond donors (Lipinski definition) is 1. The summed E-state index contributed by atoms with van der Waals surface area (Å²) in [6, 6.07) is 16.0. The highest BCUT2D eigenvalue weighted by Gasteiger charge is 2.27. The van der Waals surface area contributed by atoms with E-state index in [1.54, 1.807) is 12.1 Å². The quantitative estimate of drug-likeness (QED) is 0.366. The van der Waals surface area contributed by atoms with E-state index in [1.807, 2.05) is 32.9 Å². The molecule has 3 aromatic rings. The molecule has 0 aliphatic carbocycles. The molecule has 0 aliphatic heterocycles. The lowest BCUT2D eigenvalue weighted by Gasteiger charge is -2.23. The molecule has 180 valence electrons. The SMILES string of the molecule is CCc1cc(Br)cc(CC)c1NC(=O)CN(Cc1ccc(F)cc1)S(=O)(=O)c1ccc(C)cc1. The van der Waals surface area contributed by atoms with Crippen molar-refractivity contribution in [2.75, 3.05) is 11.9 Å². The van der Waals surface area contributed by atoms with Gasteiger partial charge in [-0.25, -0.2) is 12.8 Å². The maximum Gasteiger partial charge on any atom is 0.243 e. The molecule has 1 amide bonds. The topological polar surface area (TPSA) is 66.5 Å². The van der Waals surface area contributed by atoms with Crippen LogP contribution < -0.4 is 5.32 Å². The molecule has 3 rings (SSSR count). The largest absolute Gasteiger partial charge is 0.324 e. The average molecular weight is 547 g/mol. The molecule has 0 unspecified atom stereocenters. The van der Waals surface area contributed by atoms with E-state index in [1.165, 1.54) is 36.4 Å². The number of sulfonamides is 1. The van der Waals surface area contributed by atoms with Crippen molar-refractivity contribution in [2.24, 2.45) is 0 Å². The van der Waals surface area contributed by atoms with Crippen LogP contribution in [0.4, 0.5) is 10.1 Å². The molecule has 5 nitrogen and oxygen atoms in total. The molecule has 0 aromatic heterocycles. The van der Waals surface area contributed by atoms with Gasteiger partial charge in [0.2, 0.25) is 15.9 Å². The molecule has 8 heteroatoms. The molecule has 0 aliphatic rings. The molecule has 0 radical (unpaired) electrons. The number of hydrogen-bond acceptors (Lipinski definition) is 3. The Bertz CT molecular complexity index is 1240. The summed E-state index contributed by atoms with van der Waals surface area (Å²) >= 11 is 3.51. The zero-order valence-corrected chi connectivity index (χ0v) is 21.8. The van der Waals surface area contributed by atoms with E-state index < -0.39 is 21.7 Å². The van der Waals surface area contributed by atoms with E-state index in [0.717, 1.165) is 25.5 Å². The summed E-state index contributed by atoms with van der Waals surface area (Å²) < 4.78 is 42.4. The van der Waals surface area contributed by atoms with Gasteiger partial charge in [0.1, 0.15) is 5.82 Å². The third-order valence-electron chi connectivity index (χ3n) is 5.54. The Kier molecular flexibility index (Phi) is 8.62. The van der Waals surface area contributed by atoms with Crippen LogP contribution >= 0.6 is 15.9 Å². The Balaban J connectivity index is 1.93. The van der Waals surface area contributed by atoms with E-state index in [-0.39, 0.29) is 18.0 Å². The summed E-state index contributed by atoms with van der Waals surface area (Å²) in [5, 5.41) is 2.94. The van der Waals surface area contributed by atoms with Crippen molar-refractivity contribution >= 4 is 37.5 Å². The van der Waals surface area contributed by atoms with Crippen LogP contribution in [0.5, 0.6) is 0 Å². The highest BCUT2D eigenvalue weighted by molar-refractivity contribution is 9.10. The predicted molar refractivity (Wildman–Crippen MR) is 137 cm³/mol. The van der Waals surface area contributed by atoms with Gasteiger partial charge < -0.3 is 5.32 Å². The fourth-order valence-electron chi connectivity index (χ4n) is 3.66. The first-order valence-corrected chi connectivity index (χ1v) is 13.3. The smallest absolute Gasteiger partial charge is 0.243 e. The maximum absolute atomic E-state index is 13.5. The standard InChI is InChI=1S/C26H28BrFN2O3S/c1-4-20-14-22(27)15-21(5-2)26(20)29-25(31)17-30(16-19-8-10-23(28)11-9-19)34(32,33)24-12-6-18(3)7-13-24/h6-15H,4-5,16-17H2,1-3H3,(H,29,31). The number of rotatable bonds is 9. The summed E-state index contributed by atoms with van der Waals surface area (Å²) in [5.74, 6) is -0.853. The second-order valence-electron chi connectivity index (χ2n) is 8.07. The number of carbonyl (C=O) groups is 1. The van der Waals surface area contributed by atoms with Gasteiger partial charge in [-0.15, -0.1) is 0 Å².